The van der Waals surface area contributed by atoms with Gasteiger partial charge in [0.15, 0.2) is 5.82 Å². The van der Waals surface area contributed by atoms with Gasteiger partial charge in [-0.3, -0.25) is 0 Å². The Hall–Kier alpha value is -2.30. The molecular weight excluding hydrogens is 372 g/mol. The summed E-state index contributed by atoms with van der Waals surface area (Å²) in [7, 11) is -1.87. The van der Waals surface area contributed by atoms with E-state index in [1.807, 2.05) is 26.0 Å². The molecule has 0 aliphatic heterocycles. The van der Waals surface area contributed by atoms with Gasteiger partial charge >= 0.3 is 0 Å². The molecule has 0 saturated carbocycles. The summed E-state index contributed by atoms with van der Waals surface area (Å²) < 4.78 is 28.1. The maximum Gasteiger partial charge on any atom is 0.252 e. The Kier molecular flexibility index (Phi) is 5.35. The van der Waals surface area contributed by atoms with Crippen molar-refractivity contribution in [3.05, 3.63) is 47.1 Å². The average molecular weight is 393 g/mol. The summed E-state index contributed by atoms with van der Waals surface area (Å²) in [5.41, 5.74) is 1.90. The van der Waals surface area contributed by atoms with Crippen LogP contribution in [0.4, 0.5) is 5.82 Å². The molecule has 10 heteroatoms. The van der Waals surface area contributed by atoms with Crippen molar-refractivity contribution >= 4 is 27.2 Å². The van der Waals surface area contributed by atoms with E-state index >= 15 is 0 Å². The summed E-state index contributed by atoms with van der Waals surface area (Å²) >= 11 is 1.21. The highest BCUT2D eigenvalue weighted by atomic mass is 32.2. The van der Waals surface area contributed by atoms with Gasteiger partial charge < -0.3 is 5.32 Å². The fraction of sp³-hybridized carbons (Fsp3) is 0.312. The number of hydrogen-bond acceptors (Lipinski definition) is 7. The van der Waals surface area contributed by atoms with Crippen LogP contribution in [0, 0.1) is 13.8 Å². The van der Waals surface area contributed by atoms with Crippen LogP contribution >= 0.6 is 11.3 Å². The summed E-state index contributed by atoms with van der Waals surface area (Å²) in [6.45, 7) is 4.63. The minimum absolute atomic E-state index is 0.321. The largest absolute Gasteiger partial charge is 0.367 e. The van der Waals surface area contributed by atoms with Crippen molar-refractivity contribution in [2.24, 2.45) is 0 Å². The predicted octanol–water partition coefficient (Wildman–Crippen LogP) is 2.07. The Morgan fingerprint density at radius 1 is 1.23 bits per heavy atom. The molecule has 3 aromatic heterocycles. The lowest BCUT2D eigenvalue weighted by atomic mass is 10.4. The van der Waals surface area contributed by atoms with E-state index in [2.05, 4.69) is 20.6 Å². The van der Waals surface area contributed by atoms with Gasteiger partial charge in [-0.15, -0.1) is 21.5 Å². The third-order valence-corrected chi connectivity index (χ3v) is 7.00. The van der Waals surface area contributed by atoms with E-state index in [0.717, 1.165) is 11.4 Å². The predicted molar refractivity (Wildman–Crippen MR) is 101 cm³/mol. The van der Waals surface area contributed by atoms with Crippen LogP contribution in [0.2, 0.25) is 0 Å². The highest BCUT2D eigenvalue weighted by Crippen LogP contribution is 2.19. The molecule has 0 fully saturated rings. The van der Waals surface area contributed by atoms with Crippen molar-refractivity contribution in [3.63, 3.8) is 0 Å². The summed E-state index contributed by atoms with van der Waals surface area (Å²) in [5.74, 6) is 1.22. The summed E-state index contributed by atoms with van der Waals surface area (Å²) in [4.78, 5) is 0. The monoisotopic (exact) mass is 392 g/mol. The maximum absolute atomic E-state index is 12.3. The number of thiophene rings is 1. The second-order valence-electron chi connectivity index (χ2n) is 5.80. The van der Waals surface area contributed by atoms with Crippen molar-refractivity contribution < 1.29 is 8.42 Å². The molecule has 1 N–H and O–H groups in total. The number of nitrogens with zero attached hydrogens (tertiary/aromatic N) is 5. The molecule has 26 heavy (non-hydrogen) atoms. The molecule has 0 saturated heterocycles. The first-order chi connectivity index (χ1) is 12.4. The number of sulfonamides is 1. The first-order valence-corrected chi connectivity index (χ1v) is 10.3. The summed E-state index contributed by atoms with van der Waals surface area (Å²) in [6.07, 6.45) is 0. The Morgan fingerprint density at radius 3 is 2.62 bits per heavy atom. The van der Waals surface area contributed by atoms with Gasteiger partial charge in [-0.25, -0.2) is 13.1 Å². The Morgan fingerprint density at radius 2 is 2.04 bits per heavy atom. The SMILES string of the molecule is Cc1cc(C)n(-c2ccc(NCCN(C)S(=O)(=O)c3cccs3)nn2)n1. The maximum atomic E-state index is 12.3. The van der Waals surface area contributed by atoms with E-state index in [-0.39, 0.29) is 0 Å². The molecule has 0 aromatic carbocycles. The molecule has 0 atom stereocenters. The minimum Gasteiger partial charge on any atom is -0.367 e. The molecule has 0 spiro atoms. The van der Waals surface area contributed by atoms with Crippen molar-refractivity contribution in [2.75, 3.05) is 25.5 Å². The number of hydrogen-bond donors (Lipinski definition) is 1. The van der Waals surface area contributed by atoms with Gasteiger partial charge in [-0.2, -0.15) is 9.40 Å². The molecule has 0 unspecified atom stereocenters. The summed E-state index contributed by atoms with van der Waals surface area (Å²) in [6, 6.07) is 8.92. The van der Waals surface area contributed by atoms with E-state index in [9.17, 15) is 8.42 Å². The number of nitrogens with one attached hydrogen (secondary N) is 1. The van der Waals surface area contributed by atoms with Crippen LogP contribution < -0.4 is 5.32 Å². The molecule has 3 rings (SSSR count). The van der Waals surface area contributed by atoms with Crippen LogP contribution in [-0.2, 0) is 10.0 Å². The number of likely N-dealkylation sites (N-methyl/N-ethyl adjacent to an activating group) is 1. The molecule has 3 aromatic rings. The third kappa shape index (κ3) is 3.92. The number of aromatic nitrogens is 4. The molecule has 8 nitrogen and oxygen atoms in total. The van der Waals surface area contributed by atoms with Crippen LogP contribution in [0.25, 0.3) is 5.82 Å². The molecule has 0 amide bonds. The standard InChI is InChI=1S/C16H20N6O2S2/c1-12-11-13(2)22(20-12)15-7-6-14(18-19-15)17-8-9-21(3)26(23,24)16-5-4-10-25-16/h4-7,10-11H,8-9H2,1-3H3,(H,17,18). The van der Waals surface area contributed by atoms with Crippen molar-refractivity contribution in [1.82, 2.24) is 24.3 Å². The Labute approximate surface area is 156 Å². The molecule has 3 heterocycles. The Balaban J connectivity index is 1.58. The van der Waals surface area contributed by atoms with Gasteiger partial charge in [0, 0.05) is 25.8 Å². The third-order valence-electron chi connectivity index (χ3n) is 3.77. The normalized spacial score (nSPS) is 11.8. The zero-order valence-electron chi connectivity index (χ0n) is 14.7. The van der Waals surface area contributed by atoms with E-state index in [4.69, 9.17) is 0 Å². The van der Waals surface area contributed by atoms with Gasteiger partial charge in [0.05, 0.1) is 5.69 Å². The topological polar surface area (TPSA) is 93.0 Å². The van der Waals surface area contributed by atoms with Gasteiger partial charge in [-0.1, -0.05) is 6.07 Å². The number of rotatable bonds is 7. The van der Waals surface area contributed by atoms with Crippen LogP contribution in [0.3, 0.4) is 0 Å². The zero-order valence-corrected chi connectivity index (χ0v) is 16.4. The van der Waals surface area contributed by atoms with Gasteiger partial charge in [0.25, 0.3) is 10.0 Å². The highest BCUT2D eigenvalue weighted by molar-refractivity contribution is 7.91. The van der Waals surface area contributed by atoms with Gasteiger partial charge in [0.2, 0.25) is 0 Å². The first-order valence-electron chi connectivity index (χ1n) is 7.99. The van der Waals surface area contributed by atoms with Gasteiger partial charge in [-0.05, 0) is 43.5 Å². The first kappa shape index (κ1) is 18.5. The quantitative estimate of drug-likeness (QED) is 0.662. The molecule has 0 bridgehead atoms. The lowest BCUT2D eigenvalue weighted by Crippen LogP contribution is -2.31. The second kappa shape index (κ2) is 7.52. The van der Waals surface area contributed by atoms with E-state index in [1.54, 1.807) is 35.3 Å². The van der Waals surface area contributed by atoms with Crippen molar-refractivity contribution in [1.29, 1.82) is 0 Å². The molecule has 0 radical (unpaired) electrons. The fourth-order valence-corrected chi connectivity index (χ4v) is 4.79. The van der Waals surface area contributed by atoms with E-state index < -0.39 is 10.0 Å². The molecule has 138 valence electrons. The Bertz CT molecular complexity index is 965. The zero-order chi connectivity index (χ0) is 18.7. The summed E-state index contributed by atoms with van der Waals surface area (Å²) in [5, 5.41) is 17.5. The lowest BCUT2D eigenvalue weighted by molar-refractivity contribution is 0.482. The molecular formula is C16H20N6O2S2. The van der Waals surface area contributed by atoms with Crippen LogP contribution in [0.1, 0.15) is 11.4 Å². The second-order valence-corrected chi connectivity index (χ2v) is 9.02. The average Bonchev–Trinajstić information content (AvgIpc) is 3.25. The number of aryl methyl sites for hydroxylation is 2. The molecule has 0 aliphatic rings. The van der Waals surface area contributed by atoms with Crippen LogP contribution in [-0.4, -0.2) is 52.8 Å². The number of anilines is 1. The van der Waals surface area contributed by atoms with Crippen molar-refractivity contribution in [2.45, 2.75) is 18.1 Å². The fourth-order valence-electron chi connectivity index (χ4n) is 2.42. The van der Waals surface area contributed by atoms with Crippen LogP contribution in [0.15, 0.2) is 39.9 Å². The highest BCUT2D eigenvalue weighted by Gasteiger charge is 2.21. The van der Waals surface area contributed by atoms with Crippen LogP contribution in [0.5, 0.6) is 0 Å². The molecule has 0 aliphatic carbocycles. The lowest BCUT2D eigenvalue weighted by Gasteiger charge is -2.16. The van der Waals surface area contributed by atoms with E-state index in [1.165, 1.54) is 15.6 Å². The smallest absolute Gasteiger partial charge is 0.252 e. The minimum atomic E-state index is -3.43. The van der Waals surface area contributed by atoms with Crippen molar-refractivity contribution in [3.8, 4) is 5.82 Å². The van der Waals surface area contributed by atoms with Gasteiger partial charge in [0.1, 0.15) is 10.0 Å². The van der Waals surface area contributed by atoms with E-state index in [0.29, 0.717) is 28.9 Å².